The number of alkyl halides is 6. The Labute approximate surface area is 109 Å². The molecule has 0 nitrogen and oxygen atoms in total. The molecular formula is C6H6Br2Cl4. The molecule has 0 bridgehead atoms. The van der Waals surface area contributed by atoms with E-state index in [0.29, 0.717) is 6.42 Å². The lowest BCUT2D eigenvalue weighted by molar-refractivity contribution is 0.452. The fourth-order valence-corrected chi connectivity index (χ4v) is 3.78. The zero-order valence-electron chi connectivity index (χ0n) is 5.89. The Morgan fingerprint density at radius 2 is 1.42 bits per heavy atom. The molecule has 1 saturated carbocycles. The van der Waals surface area contributed by atoms with Gasteiger partial charge < -0.3 is 0 Å². The average Bonchev–Trinajstić information content (AvgIpc) is 1.83. The maximum Gasteiger partial charge on any atom is 0.175 e. The summed E-state index contributed by atoms with van der Waals surface area (Å²) in [6.07, 6.45) is 2.27. The molecule has 0 radical (unpaired) electrons. The van der Waals surface area contributed by atoms with Crippen LogP contribution in [-0.4, -0.2) is 11.9 Å². The van der Waals surface area contributed by atoms with Gasteiger partial charge in [-0.3, -0.25) is 0 Å². The predicted octanol–water partition coefficient (Wildman–Crippen LogP) is 5.00. The fourth-order valence-electron chi connectivity index (χ4n) is 1.11. The van der Waals surface area contributed by atoms with E-state index >= 15 is 0 Å². The summed E-state index contributed by atoms with van der Waals surface area (Å²) in [6.45, 7) is 0. The molecule has 12 heavy (non-hydrogen) atoms. The summed E-state index contributed by atoms with van der Waals surface area (Å²) < 4.78 is -2.93. The first-order valence-electron chi connectivity index (χ1n) is 3.34. The number of hydrogen-bond acceptors (Lipinski definition) is 0. The second-order valence-electron chi connectivity index (χ2n) is 2.84. The van der Waals surface area contributed by atoms with Crippen molar-refractivity contribution in [1.29, 1.82) is 0 Å². The van der Waals surface area contributed by atoms with Gasteiger partial charge in [0.15, 0.2) is 8.67 Å². The summed E-state index contributed by atoms with van der Waals surface area (Å²) in [5.41, 5.74) is 0. The highest BCUT2D eigenvalue weighted by molar-refractivity contribution is 9.25. The highest BCUT2D eigenvalue weighted by Crippen LogP contribution is 2.62. The molecule has 1 rings (SSSR count). The van der Waals surface area contributed by atoms with Crippen molar-refractivity contribution in [3.8, 4) is 0 Å². The summed E-state index contributed by atoms with van der Waals surface area (Å²) in [6, 6.07) is 0. The van der Waals surface area contributed by atoms with Crippen LogP contribution in [-0.2, 0) is 0 Å². The summed E-state index contributed by atoms with van der Waals surface area (Å²) in [4.78, 5) is 0. The molecule has 6 heteroatoms. The molecule has 0 aliphatic heterocycles. The van der Waals surface area contributed by atoms with E-state index in [0.717, 1.165) is 12.8 Å². The molecule has 0 aromatic carbocycles. The molecule has 0 spiro atoms. The van der Waals surface area contributed by atoms with Crippen LogP contribution in [0.5, 0.6) is 0 Å². The van der Waals surface area contributed by atoms with Crippen molar-refractivity contribution in [2.24, 2.45) is 0 Å². The highest BCUT2D eigenvalue weighted by atomic mass is 79.9. The molecule has 1 aliphatic rings. The highest BCUT2D eigenvalue weighted by Gasteiger charge is 2.61. The van der Waals surface area contributed by atoms with E-state index < -0.39 is 11.9 Å². The van der Waals surface area contributed by atoms with Crippen LogP contribution in [0.4, 0.5) is 0 Å². The van der Waals surface area contributed by atoms with Crippen LogP contribution in [0.1, 0.15) is 19.3 Å². The monoisotopic (exact) mass is 376 g/mol. The van der Waals surface area contributed by atoms with Gasteiger partial charge in [-0.2, -0.15) is 0 Å². The van der Waals surface area contributed by atoms with Crippen LogP contribution in [0.2, 0.25) is 0 Å². The first-order chi connectivity index (χ1) is 5.21. The Kier molecular flexibility index (Phi) is 3.66. The number of halogens is 6. The van der Waals surface area contributed by atoms with Crippen molar-refractivity contribution < 1.29 is 0 Å². The second kappa shape index (κ2) is 3.61. The van der Waals surface area contributed by atoms with Gasteiger partial charge in [-0.1, -0.05) is 78.3 Å². The molecule has 1 fully saturated rings. The summed E-state index contributed by atoms with van der Waals surface area (Å²) in [7, 11) is 0. The van der Waals surface area contributed by atoms with E-state index in [1.54, 1.807) is 0 Å². The van der Waals surface area contributed by atoms with Gasteiger partial charge in [0, 0.05) is 0 Å². The summed E-state index contributed by atoms with van der Waals surface area (Å²) in [5.74, 6) is 0. The molecule has 0 amide bonds. The molecule has 0 saturated heterocycles. The van der Waals surface area contributed by atoms with Crippen LogP contribution >= 0.6 is 78.3 Å². The van der Waals surface area contributed by atoms with E-state index in [1.165, 1.54) is 0 Å². The third-order valence-corrected chi connectivity index (χ3v) is 7.42. The predicted molar refractivity (Wildman–Crippen MR) is 63.3 cm³/mol. The Bertz CT molecular complexity index is 172. The lowest BCUT2D eigenvalue weighted by Gasteiger charge is -2.45. The quantitative estimate of drug-likeness (QED) is 0.519. The Hall–Kier alpha value is 2.12. The molecular weight excluding hydrogens is 374 g/mol. The van der Waals surface area contributed by atoms with Gasteiger partial charge >= 0.3 is 0 Å². The molecule has 1 aliphatic carbocycles. The average molecular weight is 380 g/mol. The number of hydrogen-bond donors (Lipinski definition) is 0. The summed E-state index contributed by atoms with van der Waals surface area (Å²) in [5, 5.41) is 0. The van der Waals surface area contributed by atoms with E-state index in [-0.39, 0.29) is 0 Å². The second-order valence-corrected chi connectivity index (χ2v) is 9.42. The first-order valence-corrected chi connectivity index (χ1v) is 6.44. The maximum atomic E-state index is 6.06. The molecule has 0 aromatic heterocycles. The lowest BCUT2D eigenvalue weighted by atomic mass is 9.98. The minimum Gasteiger partial charge on any atom is -0.0982 e. The zero-order valence-corrected chi connectivity index (χ0v) is 12.1. The molecule has 72 valence electrons. The van der Waals surface area contributed by atoms with Gasteiger partial charge in [0.2, 0.25) is 0 Å². The molecule has 0 atom stereocenters. The van der Waals surface area contributed by atoms with Crippen LogP contribution < -0.4 is 0 Å². The van der Waals surface area contributed by atoms with Crippen LogP contribution in [0.3, 0.4) is 0 Å². The standard InChI is InChI=1S/C6H6Br2Cl4/c7-4(8)2-1-3-5(9,10)6(4,11)12/h1-3H2. The minimum absolute atomic E-state index is 0.599. The van der Waals surface area contributed by atoms with Crippen molar-refractivity contribution in [2.75, 3.05) is 0 Å². The van der Waals surface area contributed by atoms with Gasteiger partial charge in [-0.25, -0.2) is 0 Å². The topological polar surface area (TPSA) is 0 Å². The van der Waals surface area contributed by atoms with Gasteiger partial charge in [-0.15, -0.1) is 0 Å². The third-order valence-electron chi connectivity index (χ3n) is 1.90. The van der Waals surface area contributed by atoms with E-state index in [1.807, 2.05) is 0 Å². The maximum absolute atomic E-state index is 6.06. The molecule has 0 aromatic rings. The SMILES string of the molecule is ClC1(Cl)CCCC(Br)(Br)C1(Cl)Cl. The van der Waals surface area contributed by atoms with Crippen molar-refractivity contribution in [2.45, 2.75) is 31.2 Å². The van der Waals surface area contributed by atoms with Crippen molar-refractivity contribution >= 4 is 78.3 Å². The first kappa shape index (κ1) is 12.2. The van der Waals surface area contributed by atoms with Crippen LogP contribution in [0.15, 0.2) is 0 Å². The van der Waals surface area contributed by atoms with Crippen molar-refractivity contribution in [1.82, 2.24) is 0 Å². The fraction of sp³-hybridized carbons (Fsp3) is 1.00. The largest absolute Gasteiger partial charge is 0.175 e. The van der Waals surface area contributed by atoms with Crippen LogP contribution in [0, 0.1) is 0 Å². The van der Waals surface area contributed by atoms with Gasteiger partial charge in [0.1, 0.15) is 3.23 Å². The van der Waals surface area contributed by atoms with Gasteiger partial charge in [-0.05, 0) is 19.3 Å². The summed E-state index contributed by atoms with van der Waals surface area (Å²) >= 11 is 30.9. The van der Waals surface area contributed by atoms with E-state index in [4.69, 9.17) is 46.4 Å². The van der Waals surface area contributed by atoms with Crippen LogP contribution in [0.25, 0.3) is 0 Å². The van der Waals surface area contributed by atoms with Gasteiger partial charge in [0.05, 0.1) is 0 Å². The molecule has 0 heterocycles. The Balaban J connectivity index is 2.99. The van der Waals surface area contributed by atoms with Crippen molar-refractivity contribution in [3.63, 3.8) is 0 Å². The van der Waals surface area contributed by atoms with E-state index in [2.05, 4.69) is 31.9 Å². The number of rotatable bonds is 0. The Morgan fingerprint density at radius 1 is 0.917 bits per heavy atom. The minimum atomic E-state index is -1.22. The third kappa shape index (κ3) is 1.90. The smallest absolute Gasteiger partial charge is 0.0982 e. The Morgan fingerprint density at radius 3 is 1.75 bits per heavy atom. The van der Waals surface area contributed by atoms with E-state index in [9.17, 15) is 0 Å². The van der Waals surface area contributed by atoms with Crippen molar-refractivity contribution in [3.05, 3.63) is 0 Å². The normalized spacial score (nSPS) is 31.5. The lowest BCUT2D eigenvalue weighted by Crippen LogP contribution is -2.52. The zero-order chi connectivity index (χ0) is 9.62. The van der Waals surface area contributed by atoms with Gasteiger partial charge in [0.25, 0.3) is 0 Å². The molecule has 0 unspecified atom stereocenters. The molecule has 0 N–H and O–H groups in total.